The van der Waals surface area contributed by atoms with Gasteiger partial charge in [0.2, 0.25) is 11.8 Å². The van der Waals surface area contributed by atoms with E-state index >= 15 is 0 Å². The van der Waals surface area contributed by atoms with Crippen LogP contribution >= 0.6 is 11.8 Å². The molecule has 0 bridgehead atoms. The molecule has 0 aliphatic carbocycles. The van der Waals surface area contributed by atoms with Crippen molar-refractivity contribution in [3.63, 3.8) is 0 Å². The van der Waals surface area contributed by atoms with E-state index in [-0.39, 0.29) is 41.7 Å². The van der Waals surface area contributed by atoms with Crippen molar-refractivity contribution < 1.29 is 14.0 Å². The Kier molecular flexibility index (Phi) is 8.07. The number of halogens is 1. The van der Waals surface area contributed by atoms with Gasteiger partial charge in [-0.3, -0.25) is 19.5 Å². The standard InChI is InChI=1S/C34H30FN5O2S/c1-22-11-16-28(23(2)18-22)40-34-31(32(38-40)24-8-4-3-5-9-24)33(25-12-14-26(35)15-13-25)43-21-30(42)39(34)20-29(41)37-19-27-10-6-7-17-36-27/h3-18,33H,19-21H2,1-2H3,(H,37,41). The molecule has 1 aliphatic rings. The molecule has 43 heavy (non-hydrogen) atoms. The fourth-order valence-electron chi connectivity index (χ4n) is 5.33. The van der Waals surface area contributed by atoms with Gasteiger partial charge in [0, 0.05) is 17.3 Å². The Morgan fingerprint density at radius 3 is 2.49 bits per heavy atom. The summed E-state index contributed by atoms with van der Waals surface area (Å²) in [4.78, 5) is 33.1. The van der Waals surface area contributed by atoms with Crippen LogP contribution in [0.1, 0.15) is 33.2 Å². The summed E-state index contributed by atoms with van der Waals surface area (Å²) in [5.41, 5.74) is 6.83. The molecule has 2 amide bonds. The number of aromatic nitrogens is 3. The first-order chi connectivity index (χ1) is 20.9. The van der Waals surface area contributed by atoms with Crippen LogP contribution in [0.4, 0.5) is 10.2 Å². The number of fused-ring (bicyclic) bond motifs is 1. The minimum Gasteiger partial charge on any atom is -0.349 e. The number of carbonyl (C=O) groups excluding carboxylic acids is 2. The largest absolute Gasteiger partial charge is 0.349 e. The van der Waals surface area contributed by atoms with E-state index in [0.717, 1.165) is 39.2 Å². The number of hydrogen-bond donors (Lipinski definition) is 1. The monoisotopic (exact) mass is 591 g/mol. The van der Waals surface area contributed by atoms with Crippen LogP contribution in [0.5, 0.6) is 0 Å². The van der Waals surface area contributed by atoms with Crippen LogP contribution < -0.4 is 10.2 Å². The fourth-order valence-corrected chi connectivity index (χ4v) is 6.53. The lowest BCUT2D eigenvalue weighted by Gasteiger charge is -2.24. The van der Waals surface area contributed by atoms with E-state index in [1.807, 2.05) is 74.5 Å². The topological polar surface area (TPSA) is 80.1 Å². The summed E-state index contributed by atoms with van der Waals surface area (Å²) in [6, 6.07) is 27.7. The van der Waals surface area contributed by atoms with Crippen LogP contribution in [0.3, 0.4) is 0 Å². The van der Waals surface area contributed by atoms with Crippen molar-refractivity contribution in [1.82, 2.24) is 20.1 Å². The average molecular weight is 592 g/mol. The molecule has 7 nitrogen and oxygen atoms in total. The Morgan fingerprint density at radius 1 is 1.00 bits per heavy atom. The van der Waals surface area contributed by atoms with Crippen molar-refractivity contribution in [2.24, 2.45) is 0 Å². The Morgan fingerprint density at radius 2 is 1.77 bits per heavy atom. The third kappa shape index (κ3) is 5.94. The van der Waals surface area contributed by atoms with Gasteiger partial charge in [0.05, 0.1) is 34.6 Å². The number of nitrogens with one attached hydrogen (secondary N) is 1. The smallest absolute Gasteiger partial charge is 0.240 e. The van der Waals surface area contributed by atoms with Gasteiger partial charge in [0.15, 0.2) is 0 Å². The zero-order valence-electron chi connectivity index (χ0n) is 23.8. The molecule has 6 rings (SSSR count). The molecule has 2 aromatic heterocycles. The van der Waals surface area contributed by atoms with Crippen molar-refractivity contribution in [2.45, 2.75) is 25.6 Å². The molecule has 0 saturated heterocycles. The molecule has 0 radical (unpaired) electrons. The molecular formula is C34H30FN5O2S. The van der Waals surface area contributed by atoms with Crippen molar-refractivity contribution in [3.8, 4) is 16.9 Å². The van der Waals surface area contributed by atoms with Gasteiger partial charge in [-0.05, 0) is 55.3 Å². The van der Waals surface area contributed by atoms with Gasteiger partial charge in [-0.2, -0.15) is 5.10 Å². The quantitative estimate of drug-likeness (QED) is 0.245. The van der Waals surface area contributed by atoms with E-state index in [1.165, 1.54) is 23.9 Å². The molecule has 5 aromatic rings. The summed E-state index contributed by atoms with van der Waals surface area (Å²) in [5.74, 6) is -0.202. The number of benzene rings is 3. The zero-order chi connectivity index (χ0) is 29.9. The summed E-state index contributed by atoms with van der Waals surface area (Å²) in [6.07, 6.45) is 1.67. The molecular weight excluding hydrogens is 561 g/mol. The highest BCUT2D eigenvalue weighted by molar-refractivity contribution is 8.00. The number of pyridine rings is 1. The third-order valence-electron chi connectivity index (χ3n) is 7.38. The first kappa shape index (κ1) is 28.4. The Balaban J connectivity index is 1.53. The molecule has 3 heterocycles. The molecule has 216 valence electrons. The maximum absolute atomic E-state index is 14.0. The highest BCUT2D eigenvalue weighted by atomic mass is 32.2. The van der Waals surface area contributed by atoms with E-state index in [0.29, 0.717) is 11.5 Å². The van der Waals surface area contributed by atoms with Gasteiger partial charge < -0.3 is 5.32 Å². The molecule has 3 aromatic carbocycles. The fraction of sp³-hybridized carbons (Fsp3) is 0.176. The number of anilines is 1. The Labute approximate surface area is 253 Å². The van der Waals surface area contributed by atoms with Gasteiger partial charge >= 0.3 is 0 Å². The minimum absolute atomic E-state index is 0.130. The summed E-state index contributed by atoms with van der Waals surface area (Å²) in [7, 11) is 0. The maximum Gasteiger partial charge on any atom is 0.240 e. The lowest BCUT2D eigenvalue weighted by Crippen LogP contribution is -2.42. The number of thioether (sulfide) groups is 1. The van der Waals surface area contributed by atoms with Gasteiger partial charge in [-0.25, -0.2) is 9.07 Å². The summed E-state index contributed by atoms with van der Waals surface area (Å²) < 4.78 is 15.8. The highest BCUT2D eigenvalue weighted by Gasteiger charge is 2.38. The molecule has 0 saturated carbocycles. The number of aryl methyl sites for hydroxylation is 2. The zero-order valence-corrected chi connectivity index (χ0v) is 24.6. The van der Waals surface area contributed by atoms with Crippen molar-refractivity contribution in [1.29, 1.82) is 0 Å². The van der Waals surface area contributed by atoms with Crippen LogP contribution in [-0.4, -0.2) is 38.9 Å². The SMILES string of the molecule is Cc1ccc(-n2nc(-c3ccccc3)c3c2N(CC(=O)NCc2ccccn2)C(=O)CSC3c2ccc(F)cc2)c(C)c1. The second-order valence-corrected chi connectivity index (χ2v) is 11.6. The summed E-state index contributed by atoms with van der Waals surface area (Å²) in [5, 5.41) is 7.71. The summed E-state index contributed by atoms with van der Waals surface area (Å²) >= 11 is 1.45. The van der Waals surface area contributed by atoms with Crippen molar-refractivity contribution in [2.75, 3.05) is 17.2 Å². The Hall–Kier alpha value is -4.76. The van der Waals surface area contributed by atoms with Crippen LogP contribution in [0, 0.1) is 19.7 Å². The van der Waals surface area contributed by atoms with Crippen molar-refractivity contribution >= 4 is 29.4 Å². The van der Waals surface area contributed by atoms with Gasteiger partial charge in [-0.15, -0.1) is 11.8 Å². The number of hydrogen-bond acceptors (Lipinski definition) is 5. The van der Waals surface area contributed by atoms with Crippen LogP contribution in [0.2, 0.25) is 0 Å². The first-order valence-corrected chi connectivity index (χ1v) is 15.0. The third-order valence-corrected chi connectivity index (χ3v) is 8.64. The van der Waals surface area contributed by atoms with Crippen LogP contribution in [0.15, 0.2) is 97.2 Å². The van der Waals surface area contributed by atoms with Gasteiger partial charge in [0.1, 0.15) is 18.2 Å². The molecule has 1 N–H and O–H groups in total. The Bertz CT molecular complexity index is 1770. The average Bonchev–Trinajstić information content (AvgIpc) is 3.33. The highest BCUT2D eigenvalue weighted by Crippen LogP contribution is 2.48. The van der Waals surface area contributed by atoms with Gasteiger partial charge in [0.25, 0.3) is 0 Å². The molecule has 9 heteroatoms. The van der Waals surface area contributed by atoms with E-state index in [4.69, 9.17) is 5.10 Å². The molecule has 0 spiro atoms. The van der Waals surface area contributed by atoms with Gasteiger partial charge in [-0.1, -0.05) is 66.2 Å². The number of nitrogens with zero attached hydrogens (tertiary/aromatic N) is 4. The predicted octanol–water partition coefficient (Wildman–Crippen LogP) is 6.18. The second-order valence-electron chi connectivity index (χ2n) is 10.5. The number of rotatable bonds is 7. The number of amides is 2. The van der Waals surface area contributed by atoms with Crippen LogP contribution in [-0.2, 0) is 16.1 Å². The lowest BCUT2D eigenvalue weighted by atomic mass is 9.99. The normalized spacial score (nSPS) is 14.7. The maximum atomic E-state index is 14.0. The first-order valence-electron chi connectivity index (χ1n) is 14.0. The van der Waals surface area contributed by atoms with E-state index in [2.05, 4.69) is 16.4 Å². The van der Waals surface area contributed by atoms with E-state index in [1.54, 1.807) is 27.9 Å². The van der Waals surface area contributed by atoms with E-state index < -0.39 is 0 Å². The lowest BCUT2D eigenvalue weighted by molar-refractivity contribution is -0.123. The molecule has 1 atom stereocenters. The predicted molar refractivity (Wildman–Crippen MR) is 168 cm³/mol. The minimum atomic E-state index is -0.337. The molecule has 0 fully saturated rings. The van der Waals surface area contributed by atoms with E-state index in [9.17, 15) is 14.0 Å². The summed E-state index contributed by atoms with van der Waals surface area (Å²) in [6.45, 7) is 4.08. The van der Waals surface area contributed by atoms with Crippen molar-refractivity contribution in [3.05, 3.63) is 131 Å². The molecule has 1 unspecified atom stereocenters. The second kappa shape index (κ2) is 12.2. The van der Waals surface area contributed by atoms with Crippen LogP contribution in [0.25, 0.3) is 16.9 Å². The number of carbonyl (C=O) groups is 2. The molecule has 1 aliphatic heterocycles.